The van der Waals surface area contributed by atoms with Crippen LogP contribution in [-0.4, -0.2) is 10.5 Å². The van der Waals surface area contributed by atoms with Crippen molar-refractivity contribution in [2.45, 2.75) is 6.04 Å². The molecule has 1 heterocycles. The highest BCUT2D eigenvalue weighted by molar-refractivity contribution is 9.10. The van der Waals surface area contributed by atoms with Crippen molar-refractivity contribution in [3.63, 3.8) is 0 Å². The van der Waals surface area contributed by atoms with Crippen LogP contribution >= 0.6 is 15.9 Å². The van der Waals surface area contributed by atoms with Crippen LogP contribution in [0.4, 0.5) is 4.39 Å². The predicted octanol–water partition coefficient (Wildman–Crippen LogP) is 3.81. The molecule has 1 N–H and O–H groups in total. The largest absolute Gasteiger partial charge is 0.341 e. The lowest BCUT2D eigenvalue weighted by molar-refractivity contribution is 0.0942. The Morgan fingerprint density at radius 3 is 2.50 bits per heavy atom. The summed E-state index contributed by atoms with van der Waals surface area (Å²) >= 11 is 3.24. The van der Waals surface area contributed by atoms with Gasteiger partial charge in [-0.05, 0) is 23.8 Å². The van der Waals surface area contributed by atoms with Gasteiger partial charge in [-0.25, -0.2) is 4.39 Å². The molecule has 0 saturated carbocycles. The van der Waals surface area contributed by atoms with Crippen molar-refractivity contribution in [3.8, 4) is 0 Å². The van der Waals surface area contributed by atoms with Crippen LogP contribution in [0.15, 0.2) is 76.1 Å². The van der Waals surface area contributed by atoms with Crippen molar-refractivity contribution in [1.29, 1.82) is 0 Å². The summed E-state index contributed by atoms with van der Waals surface area (Å²) in [6.45, 7) is 0. The maximum Gasteiger partial charge on any atom is 0.252 e. The van der Waals surface area contributed by atoms with Gasteiger partial charge >= 0.3 is 0 Å². The van der Waals surface area contributed by atoms with E-state index in [-0.39, 0.29) is 11.1 Å². The molecule has 3 rings (SSSR count). The van der Waals surface area contributed by atoms with Crippen LogP contribution in [0.3, 0.4) is 0 Å². The maximum atomic E-state index is 14.5. The Morgan fingerprint density at radius 1 is 1.12 bits per heavy atom. The SMILES string of the molecule is Cn1ccc(C(=O)N[C@@H](c2ccccc2)c2ccc(Br)cc2F)cc1=O. The lowest BCUT2D eigenvalue weighted by Crippen LogP contribution is -2.31. The Kier molecular flexibility index (Phi) is 5.32. The first-order valence-corrected chi connectivity index (χ1v) is 8.72. The zero-order chi connectivity index (χ0) is 18.7. The topological polar surface area (TPSA) is 51.1 Å². The molecule has 2 aromatic carbocycles. The number of aromatic nitrogens is 1. The highest BCUT2D eigenvalue weighted by atomic mass is 79.9. The summed E-state index contributed by atoms with van der Waals surface area (Å²) in [4.78, 5) is 24.4. The average Bonchev–Trinajstić information content (AvgIpc) is 2.63. The van der Waals surface area contributed by atoms with Gasteiger partial charge in [0.05, 0.1) is 6.04 Å². The highest BCUT2D eigenvalue weighted by Crippen LogP contribution is 2.27. The van der Waals surface area contributed by atoms with Crippen molar-refractivity contribution >= 4 is 21.8 Å². The summed E-state index contributed by atoms with van der Waals surface area (Å²) in [5.74, 6) is -0.878. The van der Waals surface area contributed by atoms with Gasteiger partial charge in [-0.15, -0.1) is 0 Å². The first-order chi connectivity index (χ1) is 12.5. The number of benzene rings is 2. The van der Waals surface area contributed by atoms with E-state index in [1.165, 1.54) is 22.9 Å². The summed E-state index contributed by atoms with van der Waals surface area (Å²) in [6, 6.07) is 16.0. The zero-order valence-corrected chi connectivity index (χ0v) is 15.5. The minimum Gasteiger partial charge on any atom is -0.341 e. The normalized spacial score (nSPS) is 11.8. The van der Waals surface area contributed by atoms with Gasteiger partial charge in [-0.3, -0.25) is 9.59 Å². The van der Waals surface area contributed by atoms with Crippen molar-refractivity contribution in [2.24, 2.45) is 7.05 Å². The summed E-state index contributed by atoms with van der Waals surface area (Å²) in [6.07, 6.45) is 1.52. The molecule has 1 amide bonds. The molecule has 1 aromatic heterocycles. The van der Waals surface area contributed by atoms with Gasteiger partial charge in [0.2, 0.25) is 0 Å². The molecule has 4 nitrogen and oxygen atoms in total. The summed E-state index contributed by atoms with van der Waals surface area (Å²) < 4.78 is 16.5. The maximum absolute atomic E-state index is 14.5. The number of hydrogen-bond acceptors (Lipinski definition) is 2. The van der Waals surface area contributed by atoms with E-state index < -0.39 is 17.8 Å². The van der Waals surface area contributed by atoms with Gasteiger partial charge in [0, 0.05) is 34.9 Å². The fourth-order valence-electron chi connectivity index (χ4n) is 2.63. The van der Waals surface area contributed by atoms with E-state index in [2.05, 4.69) is 21.2 Å². The van der Waals surface area contributed by atoms with Gasteiger partial charge in [0.1, 0.15) is 5.82 Å². The molecule has 0 radical (unpaired) electrons. The summed E-state index contributed by atoms with van der Waals surface area (Å²) in [7, 11) is 1.61. The Labute approximate surface area is 158 Å². The second-order valence-corrected chi connectivity index (χ2v) is 6.76. The van der Waals surface area contributed by atoms with E-state index in [4.69, 9.17) is 0 Å². The molecule has 132 valence electrons. The van der Waals surface area contributed by atoms with Crippen LogP contribution in [0.1, 0.15) is 27.5 Å². The monoisotopic (exact) mass is 414 g/mol. The molecule has 0 fully saturated rings. The van der Waals surface area contributed by atoms with Crippen LogP contribution in [-0.2, 0) is 7.05 Å². The second kappa shape index (κ2) is 7.66. The standard InChI is InChI=1S/C20H16BrFN2O2/c1-24-10-9-14(11-18(24)25)20(26)23-19(13-5-3-2-4-6-13)16-8-7-15(21)12-17(16)22/h2-12,19H,1H3,(H,23,26)/t19-/m0/s1. The van der Waals surface area contributed by atoms with Crippen LogP contribution in [0.25, 0.3) is 0 Å². The van der Waals surface area contributed by atoms with Gasteiger partial charge in [-0.2, -0.15) is 0 Å². The van der Waals surface area contributed by atoms with Crippen LogP contribution in [0.5, 0.6) is 0 Å². The van der Waals surface area contributed by atoms with E-state index in [0.29, 0.717) is 10.0 Å². The number of rotatable bonds is 4. The quantitative estimate of drug-likeness (QED) is 0.705. The van der Waals surface area contributed by atoms with Crippen molar-refractivity contribution < 1.29 is 9.18 Å². The summed E-state index contributed by atoms with van der Waals surface area (Å²) in [5.41, 5.74) is 1.03. The van der Waals surface area contributed by atoms with Crippen LogP contribution in [0.2, 0.25) is 0 Å². The minimum atomic E-state index is -0.680. The molecule has 6 heteroatoms. The average molecular weight is 415 g/mol. The number of carbonyl (C=O) groups excluding carboxylic acids is 1. The van der Waals surface area contributed by atoms with Gasteiger partial charge in [-0.1, -0.05) is 52.3 Å². The molecule has 1 atom stereocenters. The van der Waals surface area contributed by atoms with E-state index in [1.807, 2.05) is 30.3 Å². The Hall–Kier alpha value is -2.73. The minimum absolute atomic E-state index is 0.228. The molecule has 0 spiro atoms. The lowest BCUT2D eigenvalue weighted by Gasteiger charge is -2.20. The number of amides is 1. The number of aryl methyl sites for hydroxylation is 1. The van der Waals surface area contributed by atoms with Gasteiger partial charge in [0.15, 0.2) is 0 Å². The molecular formula is C20H16BrFN2O2. The van der Waals surface area contributed by atoms with E-state index in [9.17, 15) is 14.0 Å². The fraction of sp³-hybridized carbons (Fsp3) is 0.100. The highest BCUT2D eigenvalue weighted by Gasteiger charge is 2.21. The predicted molar refractivity (Wildman–Crippen MR) is 102 cm³/mol. The van der Waals surface area contributed by atoms with Gasteiger partial charge < -0.3 is 9.88 Å². The third-order valence-electron chi connectivity index (χ3n) is 4.05. The van der Waals surface area contributed by atoms with E-state index in [0.717, 1.165) is 5.56 Å². The smallest absolute Gasteiger partial charge is 0.252 e. The molecule has 0 aliphatic rings. The number of pyridine rings is 1. The zero-order valence-electron chi connectivity index (χ0n) is 13.9. The number of carbonyl (C=O) groups is 1. The van der Waals surface area contributed by atoms with Gasteiger partial charge in [0.25, 0.3) is 11.5 Å². The van der Waals surface area contributed by atoms with Crippen LogP contribution < -0.4 is 10.9 Å². The van der Waals surface area contributed by atoms with E-state index >= 15 is 0 Å². The molecule has 26 heavy (non-hydrogen) atoms. The van der Waals surface area contributed by atoms with Crippen molar-refractivity contribution in [1.82, 2.24) is 9.88 Å². The lowest BCUT2D eigenvalue weighted by atomic mass is 9.98. The van der Waals surface area contributed by atoms with E-state index in [1.54, 1.807) is 25.2 Å². The molecule has 0 saturated heterocycles. The van der Waals surface area contributed by atoms with Crippen LogP contribution in [0, 0.1) is 5.82 Å². The number of halogens is 2. The second-order valence-electron chi connectivity index (χ2n) is 5.85. The van der Waals surface area contributed by atoms with Crippen molar-refractivity contribution in [2.75, 3.05) is 0 Å². The third-order valence-corrected chi connectivity index (χ3v) is 4.54. The molecule has 3 aromatic rings. The number of hydrogen-bond donors (Lipinski definition) is 1. The molecular weight excluding hydrogens is 399 g/mol. The number of nitrogens with zero attached hydrogens (tertiary/aromatic N) is 1. The number of nitrogens with one attached hydrogen (secondary N) is 1. The molecule has 0 bridgehead atoms. The summed E-state index contributed by atoms with van der Waals surface area (Å²) in [5, 5.41) is 2.83. The Bertz CT molecular complexity index is 1000. The first kappa shape index (κ1) is 18.1. The first-order valence-electron chi connectivity index (χ1n) is 7.93. The molecule has 0 aliphatic carbocycles. The molecule has 0 unspecified atom stereocenters. The fourth-order valence-corrected chi connectivity index (χ4v) is 2.96. The molecule has 0 aliphatic heterocycles. The Balaban J connectivity index is 1.99. The third kappa shape index (κ3) is 3.91. The van der Waals surface area contributed by atoms with Crippen molar-refractivity contribution in [3.05, 3.63) is 104 Å². The Morgan fingerprint density at radius 2 is 1.85 bits per heavy atom.